The number of carboxylic acid groups (broad SMARTS) is 2. The van der Waals surface area contributed by atoms with Gasteiger partial charge in [-0.1, -0.05) is 54.5 Å². The third-order valence-corrected chi connectivity index (χ3v) is 5.70. The Balaban J connectivity index is 0.000000275. The fourth-order valence-electron chi connectivity index (χ4n) is 3.32. The van der Waals surface area contributed by atoms with Crippen LogP contribution in [0.3, 0.4) is 0 Å². The maximum atomic E-state index is 9.55. The third kappa shape index (κ3) is 6.53. The second kappa shape index (κ2) is 10.7. The van der Waals surface area contributed by atoms with Crippen LogP contribution in [0, 0.1) is 0 Å². The maximum absolute atomic E-state index is 9.55. The highest BCUT2D eigenvalue weighted by molar-refractivity contribution is 7.17. The van der Waals surface area contributed by atoms with E-state index in [2.05, 4.69) is 46.0 Å². The highest BCUT2D eigenvalue weighted by Crippen LogP contribution is 2.25. The van der Waals surface area contributed by atoms with E-state index in [1.807, 2.05) is 17.4 Å². The molecule has 30 heavy (non-hydrogen) atoms. The molecule has 1 aromatic carbocycles. The molecule has 4 rings (SSSR count). The van der Waals surface area contributed by atoms with Crippen molar-refractivity contribution < 1.29 is 19.8 Å². The fraction of sp³-hybridized carbons (Fsp3) is 0.318. The lowest BCUT2D eigenvalue weighted by molar-refractivity contribution is -0.134. The van der Waals surface area contributed by atoms with E-state index in [4.69, 9.17) is 15.2 Å². The molecule has 0 radical (unpaired) electrons. The summed E-state index contributed by atoms with van der Waals surface area (Å²) in [5.74, 6) is -2.51. The van der Waals surface area contributed by atoms with Gasteiger partial charge in [0.25, 0.3) is 0 Å². The predicted octanol–water partition coefficient (Wildman–Crippen LogP) is 4.15. The minimum Gasteiger partial charge on any atom is -0.478 e. The monoisotopic (exact) mass is 427 g/mol. The number of benzene rings is 1. The summed E-state index contributed by atoms with van der Waals surface area (Å²) in [6.07, 6.45) is 11.0. The van der Waals surface area contributed by atoms with Crippen molar-refractivity contribution in [1.82, 2.24) is 14.3 Å². The molecule has 3 heterocycles. The summed E-state index contributed by atoms with van der Waals surface area (Å²) in [5.41, 5.74) is 2.25. The zero-order valence-electron chi connectivity index (χ0n) is 16.6. The Morgan fingerprint density at radius 2 is 1.60 bits per heavy atom. The SMILES string of the molecule is O=C(O)/C=C\C(=O)O.c1ccc(-c2cn3cc(CN4CCCCCC4)sc3n2)cc1. The van der Waals surface area contributed by atoms with E-state index in [1.165, 1.54) is 49.2 Å². The predicted molar refractivity (Wildman–Crippen MR) is 117 cm³/mol. The van der Waals surface area contributed by atoms with E-state index < -0.39 is 11.9 Å². The number of carbonyl (C=O) groups is 2. The average molecular weight is 428 g/mol. The molecule has 0 spiro atoms. The van der Waals surface area contributed by atoms with Crippen molar-refractivity contribution in [3.05, 3.63) is 59.8 Å². The summed E-state index contributed by atoms with van der Waals surface area (Å²) in [7, 11) is 0. The zero-order valence-corrected chi connectivity index (χ0v) is 17.4. The van der Waals surface area contributed by atoms with Gasteiger partial charge < -0.3 is 10.2 Å². The molecule has 7 nitrogen and oxygen atoms in total. The van der Waals surface area contributed by atoms with Crippen LogP contribution in [0.25, 0.3) is 16.2 Å². The third-order valence-electron chi connectivity index (χ3n) is 4.72. The number of thiazole rings is 1. The molecule has 8 heteroatoms. The molecule has 0 unspecified atom stereocenters. The number of rotatable bonds is 5. The Morgan fingerprint density at radius 3 is 2.17 bits per heavy atom. The number of fused-ring (bicyclic) bond motifs is 1. The number of imidazole rings is 1. The zero-order chi connectivity index (χ0) is 21.3. The normalized spacial score (nSPS) is 14.9. The number of likely N-dealkylation sites (tertiary alicyclic amines) is 1. The molecular formula is C22H25N3O4S. The maximum Gasteiger partial charge on any atom is 0.328 e. The summed E-state index contributed by atoms with van der Waals surface area (Å²) in [6.45, 7) is 3.57. The molecule has 1 fully saturated rings. The van der Waals surface area contributed by atoms with Crippen LogP contribution in [0.2, 0.25) is 0 Å². The Labute approximate surface area is 178 Å². The number of nitrogens with zero attached hydrogens (tertiary/aromatic N) is 3. The van der Waals surface area contributed by atoms with E-state index >= 15 is 0 Å². The lowest BCUT2D eigenvalue weighted by Gasteiger charge is -2.18. The minimum absolute atomic E-state index is 0.558. The van der Waals surface area contributed by atoms with Crippen molar-refractivity contribution in [1.29, 1.82) is 0 Å². The first-order chi connectivity index (χ1) is 14.5. The van der Waals surface area contributed by atoms with Crippen molar-refractivity contribution in [2.45, 2.75) is 32.2 Å². The molecule has 1 aliphatic heterocycles. The molecule has 1 aliphatic rings. The van der Waals surface area contributed by atoms with Crippen LogP contribution in [0.5, 0.6) is 0 Å². The van der Waals surface area contributed by atoms with Crippen LogP contribution in [0.1, 0.15) is 30.6 Å². The first-order valence-electron chi connectivity index (χ1n) is 9.90. The summed E-state index contributed by atoms with van der Waals surface area (Å²) in [4.78, 5) is 29.0. The van der Waals surface area contributed by atoms with Crippen LogP contribution in [0.4, 0.5) is 0 Å². The molecule has 0 saturated carbocycles. The van der Waals surface area contributed by atoms with Gasteiger partial charge in [-0.15, -0.1) is 0 Å². The minimum atomic E-state index is -1.26. The summed E-state index contributed by atoms with van der Waals surface area (Å²) in [5, 5.41) is 15.6. The fourth-order valence-corrected chi connectivity index (χ4v) is 4.32. The standard InChI is InChI=1S/C18H21N3S.C4H4O4/c1-2-7-11-20(10-6-1)12-16-13-21-14-17(19-18(21)22-16)15-8-4-3-5-9-15;5-3(6)1-2-4(7)8/h3-5,8-9,13-14H,1-2,6-7,10-12H2;1-2H,(H,5,6)(H,7,8)/b;2-1-. The van der Waals surface area contributed by atoms with Crippen molar-refractivity contribution in [2.24, 2.45) is 0 Å². The molecule has 1 saturated heterocycles. The number of aromatic nitrogens is 2. The number of hydrogen-bond donors (Lipinski definition) is 2. The lowest BCUT2D eigenvalue weighted by Crippen LogP contribution is -2.23. The molecule has 3 aromatic rings. The number of aliphatic carboxylic acids is 2. The van der Waals surface area contributed by atoms with E-state index in [0.29, 0.717) is 12.2 Å². The Hall–Kier alpha value is -2.97. The second-order valence-electron chi connectivity index (χ2n) is 7.08. The van der Waals surface area contributed by atoms with Gasteiger partial charge in [0.05, 0.1) is 5.69 Å². The van der Waals surface area contributed by atoms with Gasteiger partial charge >= 0.3 is 11.9 Å². The number of carboxylic acids is 2. The van der Waals surface area contributed by atoms with Crippen molar-refractivity contribution in [3.63, 3.8) is 0 Å². The highest BCUT2D eigenvalue weighted by Gasteiger charge is 2.13. The Kier molecular flexibility index (Phi) is 7.75. The van der Waals surface area contributed by atoms with Crippen molar-refractivity contribution >= 4 is 28.2 Å². The average Bonchev–Trinajstić information content (AvgIpc) is 3.17. The molecule has 2 aromatic heterocycles. The van der Waals surface area contributed by atoms with Crippen LogP contribution in [-0.2, 0) is 16.1 Å². The van der Waals surface area contributed by atoms with Gasteiger partial charge in [0.15, 0.2) is 4.96 Å². The molecule has 2 N–H and O–H groups in total. The molecular weight excluding hydrogens is 402 g/mol. The Morgan fingerprint density at radius 1 is 0.967 bits per heavy atom. The van der Waals surface area contributed by atoms with Gasteiger partial charge in [-0.05, 0) is 25.9 Å². The Bertz CT molecular complexity index is 954. The summed E-state index contributed by atoms with van der Waals surface area (Å²) in [6, 6.07) is 10.4. The summed E-state index contributed by atoms with van der Waals surface area (Å²) >= 11 is 1.82. The van der Waals surface area contributed by atoms with Gasteiger partial charge in [-0.2, -0.15) is 0 Å². The largest absolute Gasteiger partial charge is 0.478 e. The van der Waals surface area contributed by atoms with Gasteiger partial charge in [-0.3, -0.25) is 9.30 Å². The van der Waals surface area contributed by atoms with Gasteiger partial charge in [-0.25, -0.2) is 14.6 Å². The quantitative estimate of drug-likeness (QED) is 0.594. The first kappa shape index (κ1) is 21.7. The van der Waals surface area contributed by atoms with Crippen LogP contribution >= 0.6 is 11.3 Å². The second-order valence-corrected chi connectivity index (χ2v) is 8.17. The van der Waals surface area contributed by atoms with Crippen LogP contribution < -0.4 is 0 Å². The molecule has 0 bridgehead atoms. The van der Waals surface area contributed by atoms with Crippen LogP contribution in [-0.4, -0.2) is 49.5 Å². The van der Waals surface area contributed by atoms with Gasteiger partial charge in [0, 0.05) is 41.5 Å². The highest BCUT2D eigenvalue weighted by atomic mass is 32.1. The lowest BCUT2D eigenvalue weighted by atomic mass is 10.2. The summed E-state index contributed by atoms with van der Waals surface area (Å²) < 4.78 is 2.18. The van der Waals surface area contributed by atoms with Crippen molar-refractivity contribution in [2.75, 3.05) is 13.1 Å². The van der Waals surface area contributed by atoms with Gasteiger partial charge in [0.2, 0.25) is 0 Å². The van der Waals surface area contributed by atoms with E-state index in [0.717, 1.165) is 17.2 Å². The first-order valence-corrected chi connectivity index (χ1v) is 10.7. The van der Waals surface area contributed by atoms with Crippen LogP contribution in [0.15, 0.2) is 54.9 Å². The van der Waals surface area contributed by atoms with E-state index in [9.17, 15) is 9.59 Å². The number of hydrogen-bond acceptors (Lipinski definition) is 5. The van der Waals surface area contributed by atoms with Gasteiger partial charge in [0.1, 0.15) is 0 Å². The van der Waals surface area contributed by atoms with E-state index in [-0.39, 0.29) is 0 Å². The molecule has 158 valence electrons. The molecule has 0 atom stereocenters. The molecule has 0 amide bonds. The molecule has 0 aliphatic carbocycles. The smallest absolute Gasteiger partial charge is 0.328 e. The van der Waals surface area contributed by atoms with Crippen molar-refractivity contribution in [3.8, 4) is 11.3 Å². The topological polar surface area (TPSA) is 95.1 Å². The van der Waals surface area contributed by atoms with E-state index in [1.54, 1.807) is 0 Å².